The van der Waals surface area contributed by atoms with Gasteiger partial charge in [-0.2, -0.15) is 0 Å². The van der Waals surface area contributed by atoms with E-state index in [-0.39, 0.29) is 22.2 Å². The van der Waals surface area contributed by atoms with Gasteiger partial charge in [-0.3, -0.25) is 29.1 Å². The van der Waals surface area contributed by atoms with Crippen molar-refractivity contribution in [3.8, 4) is 0 Å². The lowest BCUT2D eigenvalue weighted by Gasteiger charge is -2.21. The number of rotatable bonds is 11. The number of pyridine rings is 1. The third kappa shape index (κ3) is 6.49. The molecule has 2 aromatic rings. The number of nitrogens with one attached hydrogen (secondary N) is 1. The molecule has 166 valence electrons. The van der Waals surface area contributed by atoms with Crippen molar-refractivity contribution in [1.29, 1.82) is 0 Å². The third-order valence-corrected chi connectivity index (χ3v) is 5.35. The SMILES string of the molecule is CCCC[C@@H](CC)CNC(=O)[C@@H](C(=O)c1cccc([N+](=O)[O-])c1)n1cc(Cl)ccc1=O. The number of nitro benzene ring substituents is 1. The van der Waals surface area contributed by atoms with Crippen molar-refractivity contribution >= 4 is 29.0 Å². The normalized spacial score (nSPS) is 12.7. The van der Waals surface area contributed by atoms with Crippen LogP contribution in [0, 0.1) is 16.0 Å². The van der Waals surface area contributed by atoms with E-state index in [9.17, 15) is 24.5 Å². The van der Waals surface area contributed by atoms with Crippen LogP contribution in [0.25, 0.3) is 0 Å². The first-order chi connectivity index (χ1) is 14.8. The van der Waals surface area contributed by atoms with Crippen molar-refractivity contribution in [2.75, 3.05) is 6.54 Å². The Morgan fingerprint density at radius 3 is 2.61 bits per heavy atom. The molecule has 2 rings (SSSR count). The van der Waals surface area contributed by atoms with Crippen LogP contribution in [0.4, 0.5) is 5.69 Å². The molecule has 1 aromatic carbocycles. The summed E-state index contributed by atoms with van der Waals surface area (Å²) in [5.41, 5.74) is -0.908. The number of hydrogen-bond donors (Lipinski definition) is 1. The van der Waals surface area contributed by atoms with E-state index < -0.39 is 28.2 Å². The number of amides is 1. The number of halogens is 1. The summed E-state index contributed by atoms with van der Waals surface area (Å²) in [5.74, 6) is -1.14. The Labute approximate surface area is 185 Å². The Balaban J connectivity index is 2.39. The van der Waals surface area contributed by atoms with Gasteiger partial charge in [-0.25, -0.2) is 0 Å². The van der Waals surface area contributed by atoms with Crippen LogP contribution in [0.5, 0.6) is 0 Å². The number of benzene rings is 1. The van der Waals surface area contributed by atoms with Gasteiger partial charge in [-0.1, -0.05) is 56.8 Å². The first kappa shape index (κ1) is 24.3. The van der Waals surface area contributed by atoms with Gasteiger partial charge in [0.25, 0.3) is 17.2 Å². The Morgan fingerprint density at radius 1 is 1.23 bits per heavy atom. The van der Waals surface area contributed by atoms with E-state index in [4.69, 9.17) is 11.6 Å². The Morgan fingerprint density at radius 2 is 1.97 bits per heavy atom. The number of carbonyl (C=O) groups excluding carboxylic acids is 2. The first-order valence-electron chi connectivity index (χ1n) is 10.2. The highest BCUT2D eigenvalue weighted by atomic mass is 35.5. The van der Waals surface area contributed by atoms with Gasteiger partial charge in [-0.15, -0.1) is 0 Å². The van der Waals surface area contributed by atoms with Gasteiger partial charge in [0.05, 0.1) is 9.95 Å². The molecule has 9 heteroatoms. The van der Waals surface area contributed by atoms with Gasteiger partial charge in [0, 0.05) is 36.5 Å². The fourth-order valence-corrected chi connectivity index (χ4v) is 3.43. The molecular weight excluding hydrogens is 422 g/mol. The van der Waals surface area contributed by atoms with E-state index in [1.165, 1.54) is 36.5 Å². The third-order valence-electron chi connectivity index (χ3n) is 5.13. The van der Waals surface area contributed by atoms with Crippen molar-refractivity contribution in [3.63, 3.8) is 0 Å². The fraction of sp³-hybridized carbons (Fsp3) is 0.409. The predicted octanol–water partition coefficient (Wildman–Crippen LogP) is 4.17. The second kappa shape index (κ2) is 11.4. The van der Waals surface area contributed by atoms with E-state index in [0.717, 1.165) is 36.3 Å². The zero-order chi connectivity index (χ0) is 23.0. The second-order valence-corrected chi connectivity index (χ2v) is 7.77. The van der Waals surface area contributed by atoms with Crippen molar-refractivity contribution in [1.82, 2.24) is 9.88 Å². The van der Waals surface area contributed by atoms with Crippen LogP contribution in [-0.4, -0.2) is 27.7 Å². The molecule has 0 spiro atoms. The van der Waals surface area contributed by atoms with Gasteiger partial charge in [0.2, 0.25) is 0 Å². The van der Waals surface area contributed by atoms with Gasteiger partial charge in [0.15, 0.2) is 11.8 Å². The lowest BCUT2D eigenvalue weighted by Crippen LogP contribution is -2.42. The Kier molecular flexibility index (Phi) is 8.93. The summed E-state index contributed by atoms with van der Waals surface area (Å²) in [6.07, 6.45) is 5.08. The summed E-state index contributed by atoms with van der Waals surface area (Å²) < 4.78 is 0.964. The number of nitro groups is 1. The number of ketones is 1. The monoisotopic (exact) mass is 447 g/mol. The van der Waals surface area contributed by atoms with E-state index in [1.807, 2.05) is 6.92 Å². The maximum absolute atomic E-state index is 13.2. The average molecular weight is 448 g/mol. The molecule has 1 N–H and O–H groups in total. The van der Waals surface area contributed by atoms with Crippen LogP contribution in [0.2, 0.25) is 5.02 Å². The highest BCUT2D eigenvalue weighted by Crippen LogP contribution is 2.20. The van der Waals surface area contributed by atoms with Crippen molar-refractivity contribution in [3.05, 3.63) is 73.6 Å². The molecule has 1 aromatic heterocycles. The number of hydrogen-bond acceptors (Lipinski definition) is 5. The highest BCUT2D eigenvalue weighted by molar-refractivity contribution is 6.30. The Hall–Kier alpha value is -3.00. The quantitative estimate of drug-likeness (QED) is 0.240. The number of unbranched alkanes of at least 4 members (excludes halogenated alkanes) is 1. The summed E-state index contributed by atoms with van der Waals surface area (Å²) in [4.78, 5) is 49.2. The molecule has 0 fully saturated rings. The molecule has 0 unspecified atom stereocenters. The fourth-order valence-electron chi connectivity index (χ4n) is 3.27. The smallest absolute Gasteiger partial charge is 0.270 e. The molecule has 2 atom stereocenters. The van der Waals surface area contributed by atoms with Crippen molar-refractivity contribution in [2.24, 2.45) is 5.92 Å². The summed E-state index contributed by atoms with van der Waals surface area (Å²) >= 11 is 6.00. The Bertz CT molecular complexity index is 1000. The topological polar surface area (TPSA) is 111 Å². The first-order valence-corrected chi connectivity index (χ1v) is 10.6. The number of aromatic nitrogens is 1. The van der Waals surface area contributed by atoms with Crippen LogP contribution in [0.1, 0.15) is 55.9 Å². The number of carbonyl (C=O) groups is 2. The number of Topliss-reactive ketones (excluding diaryl/α,β-unsaturated/α-hetero) is 1. The van der Waals surface area contributed by atoms with E-state index in [0.29, 0.717) is 6.54 Å². The minimum Gasteiger partial charge on any atom is -0.354 e. The largest absolute Gasteiger partial charge is 0.354 e. The molecular formula is C22H26ClN3O5. The van der Waals surface area contributed by atoms with Gasteiger partial charge in [0.1, 0.15) is 0 Å². The van der Waals surface area contributed by atoms with Crippen LogP contribution < -0.4 is 10.9 Å². The lowest BCUT2D eigenvalue weighted by molar-refractivity contribution is -0.384. The molecule has 1 amide bonds. The van der Waals surface area contributed by atoms with Crippen LogP contribution >= 0.6 is 11.6 Å². The zero-order valence-electron chi connectivity index (χ0n) is 17.5. The summed E-state index contributed by atoms with van der Waals surface area (Å²) in [7, 11) is 0. The molecule has 0 aliphatic carbocycles. The predicted molar refractivity (Wildman–Crippen MR) is 118 cm³/mol. The van der Waals surface area contributed by atoms with Gasteiger partial charge >= 0.3 is 0 Å². The molecule has 0 saturated heterocycles. The zero-order valence-corrected chi connectivity index (χ0v) is 18.3. The second-order valence-electron chi connectivity index (χ2n) is 7.33. The van der Waals surface area contributed by atoms with Crippen molar-refractivity contribution in [2.45, 2.75) is 45.6 Å². The van der Waals surface area contributed by atoms with E-state index in [2.05, 4.69) is 12.2 Å². The van der Waals surface area contributed by atoms with Crippen LogP contribution in [0.3, 0.4) is 0 Å². The highest BCUT2D eigenvalue weighted by Gasteiger charge is 2.31. The van der Waals surface area contributed by atoms with E-state index in [1.54, 1.807) is 0 Å². The minimum atomic E-state index is -1.53. The summed E-state index contributed by atoms with van der Waals surface area (Å²) in [5, 5.41) is 14.0. The standard InChI is InChI=1S/C22H26ClN3O5/c1-3-5-7-15(4-2)13-24-22(29)20(25-14-17(23)10-11-19(25)27)21(28)16-8-6-9-18(12-16)26(30)31/h6,8-12,14-15,20H,3-5,7,13H2,1-2H3,(H,24,29)/t15-,20-/m1/s1. The molecule has 31 heavy (non-hydrogen) atoms. The molecule has 0 radical (unpaired) electrons. The van der Waals surface area contributed by atoms with Crippen molar-refractivity contribution < 1.29 is 14.5 Å². The van der Waals surface area contributed by atoms with Gasteiger partial charge < -0.3 is 5.32 Å². The number of nitrogens with zero attached hydrogens (tertiary/aromatic N) is 2. The van der Waals surface area contributed by atoms with Crippen LogP contribution in [-0.2, 0) is 4.79 Å². The maximum atomic E-state index is 13.2. The van der Waals surface area contributed by atoms with Crippen LogP contribution in [0.15, 0.2) is 47.4 Å². The molecule has 1 heterocycles. The summed E-state index contributed by atoms with van der Waals surface area (Å²) in [6.45, 7) is 4.48. The molecule has 8 nitrogen and oxygen atoms in total. The summed E-state index contributed by atoms with van der Waals surface area (Å²) in [6, 6.07) is 6.08. The molecule has 0 bridgehead atoms. The number of non-ortho nitro benzene ring substituents is 1. The minimum absolute atomic E-state index is 0.0424. The average Bonchev–Trinajstić information content (AvgIpc) is 2.76. The van der Waals surface area contributed by atoms with E-state index >= 15 is 0 Å². The lowest BCUT2D eigenvalue weighted by atomic mass is 9.98. The van der Waals surface area contributed by atoms with Gasteiger partial charge in [-0.05, 0) is 18.4 Å². The molecule has 0 saturated carbocycles. The molecule has 0 aliphatic rings. The molecule has 0 aliphatic heterocycles. The maximum Gasteiger partial charge on any atom is 0.270 e.